The van der Waals surface area contributed by atoms with Gasteiger partial charge in [-0.3, -0.25) is 0 Å². The number of benzene rings is 2. The molecule has 0 radical (unpaired) electrons. The maximum Gasteiger partial charge on any atom is 0.243 e. The molecule has 0 amide bonds. The number of rotatable bonds is 9. The second kappa shape index (κ2) is 10.5. The Morgan fingerprint density at radius 2 is 1.94 bits per heavy atom. The number of imidazole rings is 1. The van der Waals surface area contributed by atoms with Crippen molar-refractivity contribution >= 4 is 44.4 Å². The van der Waals surface area contributed by atoms with E-state index < -0.39 is 21.7 Å². The number of aromatic nitrogens is 2. The Morgan fingerprint density at radius 1 is 1.21 bits per heavy atom. The minimum Gasteiger partial charge on any atom is -0.376 e. The van der Waals surface area contributed by atoms with E-state index >= 15 is 0 Å². The average molecular weight is 530 g/mol. The molecule has 0 saturated carbocycles. The van der Waals surface area contributed by atoms with Gasteiger partial charge in [-0.25, -0.2) is 22.2 Å². The Labute approximate surface area is 207 Å². The van der Waals surface area contributed by atoms with Gasteiger partial charge in [0, 0.05) is 31.0 Å². The number of ether oxygens (including phenoxy) is 1. The summed E-state index contributed by atoms with van der Waals surface area (Å²) in [5, 5.41) is 0.310. The molecule has 1 unspecified atom stereocenters. The molecule has 0 N–H and O–H groups in total. The first kappa shape index (κ1) is 25.4. The average Bonchev–Trinajstić information content (AvgIpc) is 3.45. The van der Waals surface area contributed by atoms with Crippen LogP contribution in [-0.4, -0.2) is 48.1 Å². The first-order valence-electron chi connectivity index (χ1n) is 11.1. The van der Waals surface area contributed by atoms with Gasteiger partial charge in [-0.1, -0.05) is 37.2 Å². The van der Waals surface area contributed by atoms with Crippen LogP contribution in [0.4, 0.5) is 8.78 Å². The lowest BCUT2D eigenvalue weighted by molar-refractivity contribution is 0.0960. The third-order valence-corrected chi connectivity index (χ3v) is 9.38. The molecule has 1 atom stereocenters. The van der Waals surface area contributed by atoms with Gasteiger partial charge in [0.2, 0.25) is 10.0 Å². The van der Waals surface area contributed by atoms with Gasteiger partial charge in [0.25, 0.3) is 0 Å². The van der Waals surface area contributed by atoms with E-state index in [1.165, 1.54) is 16.1 Å². The van der Waals surface area contributed by atoms with Crippen LogP contribution in [0.3, 0.4) is 0 Å². The molecule has 6 nitrogen and oxygen atoms in total. The van der Waals surface area contributed by atoms with E-state index in [0.29, 0.717) is 36.9 Å². The zero-order valence-corrected chi connectivity index (χ0v) is 21.3. The monoisotopic (exact) mass is 529 g/mol. The second-order valence-electron chi connectivity index (χ2n) is 7.99. The van der Waals surface area contributed by atoms with Crippen LogP contribution in [0.1, 0.15) is 32.3 Å². The highest BCUT2D eigenvalue weighted by Gasteiger charge is 2.25. The van der Waals surface area contributed by atoms with Gasteiger partial charge in [0.15, 0.2) is 5.16 Å². The third-order valence-electron chi connectivity index (χ3n) is 5.92. The molecular formula is C23H26ClF2N3O3S2. The normalized spacial score (nSPS) is 16.7. The van der Waals surface area contributed by atoms with Crippen LogP contribution in [0.2, 0.25) is 5.02 Å². The van der Waals surface area contributed by atoms with Crippen molar-refractivity contribution in [3.8, 4) is 0 Å². The summed E-state index contributed by atoms with van der Waals surface area (Å²) >= 11 is 7.22. The molecule has 184 valence electrons. The van der Waals surface area contributed by atoms with E-state index in [1.807, 2.05) is 4.57 Å². The van der Waals surface area contributed by atoms with Crippen LogP contribution in [-0.2, 0) is 27.1 Å². The summed E-state index contributed by atoms with van der Waals surface area (Å²) in [4.78, 5) is 4.83. The van der Waals surface area contributed by atoms with Crippen molar-refractivity contribution in [2.24, 2.45) is 0 Å². The summed E-state index contributed by atoms with van der Waals surface area (Å²) in [6.45, 7) is 5.54. The van der Waals surface area contributed by atoms with Crippen LogP contribution in [0.15, 0.2) is 40.4 Å². The third kappa shape index (κ3) is 4.97. The van der Waals surface area contributed by atoms with Gasteiger partial charge < -0.3 is 9.30 Å². The fourth-order valence-electron chi connectivity index (χ4n) is 4.08. The summed E-state index contributed by atoms with van der Waals surface area (Å²) in [7, 11) is -3.65. The molecule has 1 aromatic heterocycles. The van der Waals surface area contributed by atoms with Gasteiger partial charge in [0.1, 0.15) is 11.6 Å². The fraction of sp³-hybridized carbons (Fsp3) is 0.435. The number of hydrogen-bond donors (Lipinski definition) is 0. The van der Waals surface area contributed by atoms with Crippen LogP contribution < -0.4 is 0 Å². The van der Waals surface area contributed by atoms with Gasteiger partial charge in [-0.15, -0.1) is 0 Å². The molecule has 0 bridgehead atoms. The van der Waals surface area contributed by atoms with Crippen LogP contribution in [0.5, 0.6) is 0 Å². The van der Waals surface area contributed by atoms with E-state index in [1.54, 1.807) is 32.0 Å². The summed E-state index contributed by atoms with van der Waals surface area (Å²) in [5.74, 6) is -1.20. The Hall–Kier alpha value is -1.72. The lowest BCUT2D eigenvalue weighted by Gasteiger charge is -2.18. The largest absolute Gasteiger partial charge is 0.376 e. The van der Waals surface area contributed by atoms with Crippen molar-refractivity contribution in [2.75, 3.05) is 19.7 Å². The van der Waals surface area contributed by atoms with E-state index in [2.05, 4.69) is 4.98 Å². The van der Waals surface area contributed by atoms with Crippen molar-refractivity contribution in [1.82, 2.24) is 13.9 Å². The number of sulfonamides is 1. The zero-order chi connectivity index (χ0) is 24.5. The molecule has 1 saturated heterocycles. The first-order valence-corrected chi connectivity index (χ1v) is 13.9. The van der Waals surface area contributed by atoms with Crippen LogP contribution in [0.25, 0.3) is 11.0 Å². The quantitative estimate of drug-likeness (QED) is 0.272. The summed E-state index contributed by atoms with van der Waals surface area (Å²) in [6, 6.07) is 6.94. The van der Waals surface area contributed by atoms with Gasteiger partial charge >= 0.3 is 0 Å². The molecule has 1 aliphatic rings. The van der Waals surface area contributed by atoms with Crippen molar-refractivity contribution in [1.29, 1.82) is 0 Å². The minimum atomic E-state index is -3.65. The molecule has 2 heterocycles. The predicted octanol–water partition coefficient (Wildman–Crippen LogP) is 5.47. The second-order valence-corrected chi connectivity index (χ2v) is 11.2. The fourth-order valence-corrected chi connectivity index (χ4v) is 6.90. The predicted molar refractivity (Wildman–Crippen MR) is 130 cm³/mol. The zero-order valence-electron chi connectivity index (χ0n) is 18.9. The lowest BCUT2D eigenvalue weighted by atomic mass is 10.2. The SMILES string of the molecule is CCN(CC)S(=O)(=O)c1ccc2c(c1)nc(SCc1c(F)ccc(F)c1Cl)n2CC1CCCO1. The topological polar surface area (TPSA) is 64.4 Å². The van der Waals surface area contributed by atoms with Crippen molar-refractivity contribution < 1.29 is 21.9 Å². The van der Waals surface area contributed by atoms with E-state index in [4.69, 9.17) is 16.3 Å². The maximum absolute atomic E-state index is 14.3. The molecular weight excluding hydrogens is 504 g/mol. The van der Waals surface area contributed by atoms with E-state index in [0.717, 1.165) is 30.5 Å². The van der Waals surface area contributed by atoms with Crippen molar-refractivity contribution in [2.45, 2.75) is 55.1 Å². The highest BCUT2D eigenvalue weighted by molar-refractivity contribution is 7.98. The molecule has 34 heavy (non-hydrogen) atoms. The summed E-state index contributed by atoms with van der Waals surface area (Å²) < 4.78 is 63.3. The molecule has 1 fully saturated rings. The molecule has 2 aromatic carbocycles. The summed E-state index contributed by atoms with van der Waals surface area (Å²) in [6.07, 6.45) is 1.88. The molecule has 0 aliphatic carbocycles. The number of thioether (sulfide) groups is 1. The van der Waals surface area contributed by atoms with Gasteiger partial charge in [-0.2, -0.15) is 4.31 Å². The highest BCUT2D eigenvalue weighted by Crippen LogP contribution is 2.33. The Bertz CT molecular complexity index is 1290. The number of fused-ring (bicyclic) bond motifs is 1. The van der Waals surface area contributed by atoms with Crippen molar-refractivity contribution in [3.05, 3.63) is 52.6 Å². The van der Waals surface area contributed by atoms with Crippen LogP contribution >= 0.6 is 23.4 Å². The molecule has 1 aliphatic heterocycles. The Kier molecular flexibility index (Phi) is 7.83. The Balaban J connectivity index is 1.73. The van der Waals surface area contributed by atoms with Gasteiger partial charge in [0.05, 0.1) is 33.6 Å². The number of nitrogens with zero attached hydrogens (tertiary/aromatic N) is 3. The lowest BCUT2D eigenvalue weighted by Crippen LogP contribution is -2.30. The maximum atomic E-state index is 14.3. The Morgan fingerprint density at radius 3 is 2.62 bits per heavy atom. The highest BCUT2D eigenvalue weighted by atomic mass is 35.5. The van der Waals surface area contributed by atoms with Crippen molar-refractivity contribution in [3.63, 3.8) is 0 Å². The smallest absolute Gasteiger partial charge is 0.243 e. The standard InChI is InChI=1S/C23H26ClF2N3O3S2/c1-3-28(4-2)34(30,31)16-7-10-21-20(12-16)27-23(29(21)13-15-6-5-11-32-15)33-14-17-18(25)8-9-19(26)22(17)24/h7-10,12,15H,3-6,11,13-14H2,1-2H3. The van der Waals surface area contributed by atoms with E-state index in [9.17, 15) is 17.2 Å². The van der Waals surface area contributed by atoms with Gasteiger partial charge in [-0.05, 0) is 43.2 Å². The molecule has 4 rings (SSSR count). The molecule has 11 heteroatoms. The first-order chi connectivity index (χ1) is 16.3. The summed E-state index contributed by atoms with van der Waals surface area (Å²) in [5.41, 5.74) is 1.33. The minimum absolute atomic E-state index is 0.00493. The van der Waals surface area contributed by atoms with E-state index in [-0.39, 0.29) is 27.3 Å². The number of halogens is 3. The molecule has 3 aromatic rings. The molecule has 0 spiro atoms. The number of hydrogen-bond acceptors (Lipinski definition) is 5. The van der Waals surface area contributed by atoms with Crippen LogP contribution in [0, 0.1) is 11.6 Å².